The Kier molecular flexibility index (Phi) is 3.41. The second-order valence-corrected chi connectivity index (χ2v) is 6.13. The maximum Gasteiger partial charge on any atom is 0.147 e. The highest BCUT2D eigenvalue weighted by atomic mass is 16.1. The highest BCUT2D eigenvalue weighted by molar-refractivity contribution is 5.97. The molecule has 120 valence electrons. The summed E-state index contributed by atoms with van der Waals surface area (Å²) < 4.78 is 0. The SMILES string of the molecule is CC(C(=O)C(C)c1c[nH]c2ncccc12)c1c[nH]c2ncccc12. The van der Waals surface area contributed by atoms with E-state index in [1.165, 1.54) is 0 Å². The van der Waals surface area contributed by atoms with E-state index < -0.39 is 0 Å². The maximum absolute atomic E-state index is 13.1. The molecule has 4 rings (SSSR count). The van der Waals surface area contributed by atoms with Crippen molar-refractivity contribution in [3.8, 4) is 0 Å². The summed E-state index contributed by atoms with van der Waals surface area (Å²) in [5.74, 6) is -0.233. The molecule has 0 aliphatic rings. The van der Waals surface area contributed by atoms with E-state index in [0.29, 0.717) is 0 Å². The highest BCUT2D eigenvalue weighted by Crippen LogP contribution is 2.32. The van der Waals surface area contributed by atoms with E-state index in [4.69, 9.17) is 0 Å². The molecule has 0 saturated carbocycles. The van der Waals surface area contributed by atoms with Crippen molar-refractivity contribution >= 4 is 27.9 Å². The minimum Gasteiger partial charge on any atom is -0.346 e. The zero-order chi connectivity index (χ0) is 16.7. The Morgan fingerprint density at radius 1 is 0.875 bits per heavy atom. The van der Waals surface area contributed by atoms with E-state index in [1.807, 2.05) is 50.5 Å². The summed E-state index contributed by atoms with van der Waals surface area (Å²) in [5.41, 5.74) is 3.62. The van der Waals surface area contributed by atoms with Crippen molar-refractivity contribution < 1.29 is 4.79 Å². The van der Waals surface area contributed by atoms with Gasteiger partial charge in [0.25, 0.3) is 0 Å². The second-order valence-electron chi connectivity index (χ2n) is 6.13. The van der Waals surface area contributed by atoms with Gasteiger partial charge in [0.05, 0.1) is 0 Å². The predicted octanol–water partition coefficient (Wildman–Crippen LogP) is 3.92. The summed E-state index contributed by atoms with van der Waals surface area (Å²) >= 11 is 0. The van der Waals surface area contributed by atoms with E-state index in [9.17, 15) is 4.79 Å². The van der Waals surface area contributed by atoms with Gasteiger partial charge in [-0.25, -0.2) is 9.97 Å². The monoisotopic (exact) mass is 318 g/mol. The number of ketones is 1. The number of Topliss-reactive ketones (excluding diaryl/α,β-unsaturated/α-hetero) is 1. The topological polar surface area (TPSA) is 74.4 Å². The van der Waals surface area contributed by atoms with Gasteiger partial charge in [-0.2, -0.15) is 0 Å². The first kappa shape index (κ1) is 14.6. The summed E-state index contributed by atoms with van der Waals surface area (Å²) in [6.07, 6.45) is 7.28. The molecule has 0 aliphatic carbocycles. The summed E-state index contributed by atoms with van der Waals surface area (Å²) in [6, 6.07) is 7.79. The van der Waals surface area contributed by atoms with Crippen LogP contribution in [0.5, 0.6) is 0 Å². The van der Waals surface area contributed by atoms with Gasteiger partial charge in [-0.05, 0) is 35.4 Å². The van der Waals surface area contributed by atoms with Crippen LogP contribution in [0, 0.1) is 0 Å². The van der Waals surface area contributed by atoms with Gasteiger partial charge in [-0.15, -0.1) is 0 Å². The fraction of sp³-hybridized carbons (Fsp3) is 0.211. The predicted molar refractivity (Wildman–Crippen MR) is 94.0 cm³/mol. The first-order valence-electron chi connectivity index (χ1n) is 8.04. The molecule has 2 unspecified atom stereocenters. The third-order valence-corrected chi connectivity index (χ3v) is 4.75. The Labute approximate surface area is 139 Å². The van der Waals surface area contributed by atoms with Gasteiger partial charge >= 0.3 is 0 Å². The van der Waals surface area contributed by atoms with Crippen LogP contribution in [0.1, 0.15) is 36.8 Å². The van der Waals surface area contributed by atoms with Crippen molar-refractivity contribution in [3.05, 3.63) is 60.2 Å². The molecule has 0 spiro atoms. The van der Waals surface area contributed by atoms with Crippen molar-refractivity contribution in [1.82, 2.24) is 19.9 Å². The van der Waals surface area contributed by atoms with E-state index in [-0.39, 0.29) is 17.6 Å². The fourth-order valence-corrected chi connectivity index (χ4v) is 3.35. The normalized spacial score (nSPS) is 14.1. The first-order chi connectivity index (χ1) is 11.7. The molecule has 0 saturated heterocycles. The molecule has 0 bridgehead atoms. The number of nitrogens with zero attached hydrogens (tertiary/aromatic N) is 2. The molecule has 0 amide bonds. The van der Waals surface area contributed by atoms with Crippen molar-refractivity contribution in [2.45, 2.75) is 25.7 Å². The maximum atomic E-state index is 13.1. The number of nitrogens with one attached hydrogen (secondary N) is 2. The average Bonchev–Trinajstić information content (AvgIpc) is 3.24. The number of carbonyl (C=O) groups is 1. The van der Waals surface area contributed by atoms with Crippen LogP contribution in [0.25, 0.3) is 22.1 Å². The number of hydrogen-bond donors (Lipinski definition) is 2. The Morgan fingerprint density at radius 2 is 1.33 bits per heavy atom. The number of aromatic amines is 2. The fourth-order valence-electron chi connectivity index (χ4n) is 3.35. The molecule has 4 aromatic heterocycles. The summed E-state index contributed by atoms with van der Waals surface area (Å²) in [6.45, 7) is 3.92. The largest absolute Gasteiger partial charge is 0.346 e. The highest BCUT2D eigenvalue weighted by Gasteiger charge is 2.26. The third-order valence-electron chi connectivity index (χ3n) is 4.75. The minimum atomic E-state index is -0.209. The molecular weight excluding hydrogens is 300 g/mol. The smallest absolute Gasteiger partial charge is 0.147 e. The summed E-state index contributed by atoms with van der Waals surface area (Å²) in [5, 5.41) is 2.01. The molecule has 5 nitrogen and oxygen atoms in total. The van der Waals surface area contributed by atoms with Crippen molar-refractivity contribution in [2.75, 3.05) is 0 Å². The number of H-pyrrole nitrogens is 2. The number of pyridine rings is 2. The molecule has 24 heavy (non-hydrogen) atoms. The number of aromatic nitrogens is 4. The standard InChI is InChI=1S/C19H18N4O/c1-11(15-9-22-18-13(15)5-3-7-20-18)17(24)12(2)16-10-23-19-14(16)6-4-8-21-19/h3-12H,1-2H3,(H,20,22)(H,21,23). The van der Waals surface area contributed by atoms with E-state index in [0.717, 1.165) is 33.2 Å². The van der Waals surface area contributed by atoms with Crippen LogP contribution < -0.4 is 0 Å². The molecule has 0 radical (unpaired) electrons. The molecule has 4 aromatic rings. The van der Waals surface area contributed by atoms with Crippen LogP contribution >= 0.6 is 0 Å². The van der Waals surface area contributed by atoms with Crippen molar-refractivity contribution in [1.29, 1.82) is 0 Å². The van der Waals surface area contributed by atoms with Gasteiger partial charge in [0, 0.05) is 47.4 Å². The van der Waals surface area contributed by atoms with Crippen LogP contribution in [0.15, 0.2) is 49.1 Å². The zero-order valence-corrected chi connectivity index (χ0v) is 13.6. The molecular formula is C19H18N4O. The van der Waals surface area contributed by atoms with E-state index in [1.54, 1.807) is 12.4 Å². The first-order valence-corrected chi connectivity index (χ1v) is 8.04. The Morgan fingerprint density at radius 3 is 1.79 bits per heavy atom. The van der Waals surface area contributed by atoms with E-state index in [2.05, 4.69) is 19.9 Å². The molecule has 2 N–H and O–H groups in total. The molecule has 5 heteroatoms. The van der Waals surface area contributed by atoms with Gasteiger partial charge in [-0.3, -0.25) is 4.79 Å². The van der Waals surface area contributed by atoms with Gasteiger partial charge in [0.1, 0.15) is 17.1 Å². The molecule has 2 atom stereocenters. The van der Waals surface area contributed by atoms with E-state index >= 15 is 0 Å². The van der Waals surface area contributed by atoms with Gasteiger partial charge in [-0.1, -0.05) is 13.8 Å². The lowest BCUT2D eigenvalue weighted by Gasteiger charge is -2.15. The van der Waals surface area contributed by atoms with Gasteiger partial charge < -0.3 is 9.97 Å². The number of rotatable bonds is 4. The molecule has 0 aliphatic heterocycles. The number of hydrogen-bond acceptors (Lipinski definition) is 3. The summed E-state index contributed by atoms with van der Waals surface area (Å²) in [4.78, 5) is 28.0. The lowest BCUT2D eigenvalue weighted by atomic mass is 9.86. The minimum absolute atomic E-state index is 0.185. The molecule has 4 heterocycles. The van der Waals surface area contributed by atoms with Crippen LogP contribution in [0.2, 0.25) is 0 Å². The van der Waals surface area contributed by atoms with Gasteiger partial charge in [0.2, 0.25) is 0 Å². The van der Waals surface area contributed by atoms with Crippen LogP contribution in [0.4, 0.5) is 0 Å². The zero-order valence-electron chi connectivity index (χ0n) is 13.6. The Hall–Kier alpha value is -2.95. The van der Waals surface area contributed by atoms with Crippen LogP contribution in [-0.4, -0.2) is 25.7 Å². The van der Waals surface area contributed by atoms with Crippen LogP contribution in [0.3, 0.4) is 0 Å². The second kappa shape index (κ2) is 5.60. The molecule has 0 fully saturated rings. The lowest BCUT2D eigenvalue weighted by molar-refractivity contribution is -0.121. The third kappa shape index (κ3) is 2.21. The van der Waals surface area contributed by atoms with Crippen LogP contribution in [-0.2, 0) is 4.79 Å². The van der Waals surface area contributed by atoms with Crippen molar-refractivity contribution in [2.24, 2.45) is 0 Å². The quantitative estimate of drug-likeness (QED) is 0.599. The average molecular weight is 318 g/mol. The lowest BCUT2D eigenvalue weighted by Crippen LogP contribution is -2.16. The van der Waals surface area contributed by atoms with Gasteiger partial charge in [0.15, 0.2) is 0 Å². The molecule has 0 aromatic carbocycles. The van der Waals surface area contributed by atoms with Crippen molar-refractivity contribution in [3.63, 3.8) is 0 Å². The number of carbonyl (C=O) groups excluding carboxylic acids is 1. The summed E-state index contributed by atoms with van der Waals surface area (Å²) in [7, 11) is 0. The number of fused-ring (bicyclic) bond motifs is 2. The Bertz CT molecular complexity index is 948. The Balaban J connectivity index is 1.70.